The number of carboxylic acid groups (broad SMARTS) is 1. The van der Waals surface area contributed by atoms with Crippen molar-refractivity contribution in [2.75, 3.05) is 17.2 Å². The van der Waals surface area contributed by atoms with Crippen molar-refractivity contribution < 1.29 is 27.9 Å². The zero-order chi connectivity index (χ0) is 17.7. The molecule has 2 rings (SSSR count). The molecule has 8 heteroatoms. The summed E-state index contributed by atoms with van der Waals surface area (Å²) in [7, 11) is 0. The summed E-state index contributed by atoms with van der Waals surface area (Å²) in [6, 6.07) is 6.18. The van der Waals surface area contributed by atoms with Gasteiger partial charge in [0.05, 0.1) is 17.3 Å². The molecule has 0 radical (unpaired) electrons. The Hall–Kier alpha value is -2.25. The molecule has 132 valence electrons. The summed E-state index contributed by atoms with van der Waals surface area (Å²) in [5.41, 5.74) is 0.481. The number of hydrogen-bond donors (Lipinski definition) is 3. The van der Waals surface area contributed by atoms with Crippen LogP contribution in [-0.2, 0) is 9.59 Å². The summed E-state index contributed by atoms with van der Waals surface area (Å²) in [6.45, 7) is -1.19. The molecule has 0 spiro atoms. The highest BCUT2D eigenvalue weighted by molar-refractivity contribution is 5.95. The molecule has 24 heavy (non-hydrogen) atoms. The van der Waals surface area contributed by atoms with Crippen molar-refractivity contribution in [1.82, 2.24) is 0 Å². The molecule has 1 saturated carbocycles. The lowest BCUT2D eigenvalue weighted by Gasteiger charge is -2.25. The monoisotopic (exact) mass is 344 g/mol. The maximum atomic E-state index is 12.3. The topological polar surface area (TPSA) is 78.4 Å². The number of benzene rings is 1. The number of rotatable bonds is 5. The lowest BCUT2D eigenvalue weighted by molar-refractivity contribution is -0.143. The normalized spacial score (nSPS) is 21.1. The van der Waals surface area contributed by atoms with Crippen LogP contribution in [0.3, 0.4) is 0 Å². The number of carbonyl (C=O) groups is 2. The molecular weight excluding hydrogens is 325 g/mol. The van der Waals surface area contributed by atoms with Gasteiger partial charge in [-0.2, -0.15) is 13.2 Å². The van der Waals surface area contributed by atoms with E-state index in [1.54, 1.807) is 12.1 Å². The van der Waals surface area contributed by atoms with Crippen LogP contribution in [0.2, 0.25) is 0 Å². The van der Waals surface area contributed by atoms with E-state index in [1.807, 2.05) is 0 Å². The number of alkyl halides is 3. The molecule has 0 heterocycles. The maximum absolute atomic E-state index is 12.3. The van der Waals surface area contributed by atoms with Crippen LogP contribution in [0.15, 0.2) is 24.3 Å². The zero-order valence-electron chi connectivity index (χ0n) is 12.9. The molecule has 0 saturated heterocycles. The molecule has 1 aromatic carbocycles. The molecule has 3 N–H and O–H groups in total. The van der Waals surface area contributed by atoms with Crippen molar-refractivity contribution in [2.24, 2.45) is 11.8 Å². The molecule has 5 nitrogen and oxygen atoms in total. The second kappa shape index (κ2) is 7.55. The van der Waals surface area contributed by atoms with Crippen LogP contribution in [-0.4, -0.2) is 29.7 Å². The number of carbonyl (C=O) groups excluding carboxylic acids is 1. The molecule has 0 bridgehead atoms. The van der Waals surface area contributed by atoms with Gasteiger partial charge in [0.25, 0.3) is 0 Å². The molecule has 1 aliphatic carbocycles. The SMILES string of the molecule is O=C(O)C1CCC(C(=O)Nc2ccccc2NCC(F)(F)F)CC1. The molecule has 1 aromatic rings. The number of amides is 1. The Morgan fingerprint density at radius 1 is 1.04 bits per heavy atom. The minimum absolute atomic E-state index is 0.197. The number of halogens is 3. The van der Waals surface area contributed by atoms with Gasteiger partial charge in [0.1, 0.15) is 6.54 Å². The van der Waals surface area contributed by atoms with Crippen molar-refractivity contribution in [1.29, 1.82) is 0 Å². The molecule has 0 aliphatic heterocycles. The first-order valence-corrected chi connectivity index (χ1v) is 7.69. The highest BCUT2D eigenvalue weighted by atomic mass is 19.4. The Bertz CT molecular complexity index is 596. The molecule has 1 amide bonds. The van der Waals surface area contributed by atoms with Crippen LogP contribution in [0.25, 0.3) is 0 Å². The lowest BCUT2D eigenvalue weighted by Crippen LogP contribution is -2.30. The van der Waals surface area contributed by atoms with E-state index in [1.165, 1.54) is 12.1 Å². The first-order valence-electron chi connectivity index (χ1n) is 7.69. The van der Waals surface area contributed by atoms with Crippen LogP contribution in [0.1, 0.15) is 25.7 Å². The number of aliphatic carboxylic acids is 1. The summed E-state index contributed by atoms with van der Waals surface area (Å²) in [5.74, 6) is -1.89. The Labute approximate surface area is 137 Å². The minimum atomic E-state index is -4.35. The largest absolute Gasteiger partial charge is 0.481 e. The van der Waals surface area contributed by atoms with Gasteiger partial charge in [-0.05, 0) is 37.8 Å². The summed E-state index contributed by atoms with van der Waals surface area (Å²) in [6.07, 6.45) is -2.57. The molecule has 0 atom stereocenters. The summed E-state index contributed by atoms with van der Waals surface area (Å²) in [4.78, 5) is 23.2. The quantitative estimate of drug-likeness (QED) is 0.764. The van der Waals surface area contributed by atoms with E-state index in [2.05, 4.69) is 10.6 Å². The van der Waals surface area contributed by atoms with Crippen LogP contribution in [0, 0.1) is 11.8 Å². The minimum Gasteiger partial charge on any atom is -0.481 e. The van der Waals surface area contributed by atoms with Crippen LogP contribution in [0.4, 0.5) is 24.5 Å². The van der Waals surface area contributed by atoms with Gasteiger partial charge in [0.2, 0.25) is 5.91 Å². The maximum Gasteiger partial charge on any atom is 0.405 e. The van der Waals surface area contributed by atoms with Gasteiger partial charge in [-0.25, -0.2) is 0 Å². The van der Waals surface area contributed by atoms with E-state index in [-0.39, 0.29) is 23.2 Å². The Morgan fingerprint density at radius 3 is 2.12 bits per heavy atom. The van der Waals surface area contributed by atoms with Crippen molar-refractivity contribution in [3.63, 3.8) is 0 Å². The smallest absolute Gasteiger partial charge is 0.405 e. The van der Waals surface area contributed by atoms with E-state index < -0.39 is 24.6 Å². The second-order valence-electron chi connectivity index (χ2n) is 5.89. The van der Waals surface area contributed by atoms with Crippen LogP contribution >= 0.6 is 0 Å². The van der Waals surface area contributed by atoms with Gasteiger partial charge in [-0.15, -0.1) is 0 Å². The molecule has 1 fully saturated rings. The first kappa shape index (κ1) is 18.1. The third-order valence-electron chi connectivity index (χ3n) is 4.11. The number of nitrogens with one attached hydrogen (secondary N) is 2. The third-order valence-corrected chi connectivity index (χ3v) is 4.11. The van der Waals surface area contributed by atoms with Gasteiger partial charge in [0.15, 0.2) is 0 Å². The average molecular weight is 344 g/mol. The molecular formula is C16H19F3N2O3. The van der Waals surface area contributed by atoms with E-state index in [9.17, 15) is 22.8 Å². The zero-order valence-corrected chi connectivity index (χ0v) is 12.9. The number of carboxylic acids is 1. The van der Waals surface area contributed by atoms with Gasteiger partial charge >= 0.3 is 12.1 Å². The first-order chi connectivity index (χ1) is 11.3. The fraction of sp³-hybridized carbons (Fsp3) is 0.500. The second-order valence-corrected chi connectivity index (χ2v) is 5.89. The molecule has 0 unspecified atom stereocenters. The molecule has 0 aromatic heterocycles. The lowest BCUT2D eigenvalue weighted by atomic mass is 9.81. The summed E-state index contributed by atoms with van der Waals surface area (Å²) in [5, 5.41) is 13.9. The van der Waals surface area contributed by atoms with Crippen molar-refractivity contribution >= 4 is 23.3 Å². The fourth-order valence-corrected chi connectivity index (χ4v) is 2.78. The fourth-order valence-electron chi connectivity index (χ4n) is 2.78. The Morgan fingerprint density at radius 2 is 1.58 bits per heavy atom. The number of anilines is 2. The van der Waals surface area contributed by atoms with Gasteiger partial charge < -0.3 is 15.7 Å². The van der Waals surface area contributed by atoms with E-state index in [0.29, 0.717) is 25.7 Å². The Kier molecular flexibility index (Phi) is 5.69. The highest BCUT2D eigenvalue weighted by Gasteiger charge is 2.30. The summed E-state index contributed by atoms with van der Waals surface area (Å²) >= 11 is 0. The van der Waals surface area contributed by atoms with Crippen LogP contribution < -0.4 is 10.6 Å². The predicted molar refractivity (Wildman–Crippen MR) is 82.7 cm³/mol. The molecule has 1 aliphatic rings. The number of para-hydroxylation sites is 2. The van der Waals surface area contributed by atoms with Crippen molar-refractivity contribution in [3.8, 4) is 0 Å². The predicted octanol–water partition coefficient (Wildman–Crippen LogP) is 3.49. The van der Waals surface area contributed by atoms with Crippen molar-refractivity contribution in [3.05, 3.63) is 24.3 Å². The Balaban J connectivity index is 1.96. The van der Waals surface area contributed by atoms with Gasteiger partial charge in [-0.3, -0.25) is 9.59 Å². The highest BCUT2D eigenvalue weighted by Crippen LogP contribution is 2.31. The third kappa shape index (κ3) is 5.14. The van der Waals surface area contributed by atoms with Crippen molar-refractivity contribution in [2.45, 2.75) is 31.9 Å². The van der Waals surface area contributed by atoms with E-state index in [4.69, 9.17) is 5.11 Å². The van der Waals surface area contributed by atoms with Gasteiger partial charge in [-0.1, -0.05) is 12.1 Å². The average Bonchev–Trinajstić information content (AvgIpc) is 2.53. The van der Waals surface area contributed by atoms with Gasteiger partial charge in [0, 0.05) is 5.92 Å². The van der Waals surface area contributed by atoms with Crippen LogP contribution in [0.5, 0.6) is 0 Å². The standard InChI is InChI=1S/C16H19F3N2O3/c17-16(18,19)9-20-12-3-1-2-4-13(12)21-14(22)10-5-7-11(8-6-10)15(23)24/h1-4,10-11,20H,5-9H2,(H,21,22)(H,23,24). The summed E-state index contributed by atoms with van der Waals surface area (Å²) < 4.78 is 37.0. The van der Waals surface area contributed by atoms with E-state index in [0.717, 1.165) is 0 Å². The van der Waals surface area contributed by atoms with E-state index >= 15 is 0 Å². The number of hydrogen-bond acceptors (Lipinski definition) is 3.